The number of amides is 1. The van der Waals surface area contributed by atoms with Crippen LogP contribution in [-0.4, -0.2) is 43.1 Å². The van der Waals surface area contributed by atoms with Gasteiger partial charge in [-0.3, -0.25) is 9.78 Å². The molecule has 1 amide bonds. The Hall–Kier alpha value is -1.75. The lowest BCUT2D eigenvalue weighted by Crippen LogP contribution is -2.34. The number of ether oxygens (including phenoxy) is 2. The number of rotatable bonds is 4. The molecule has 1 aliphatic rings. The van der Waals surface area contributed by atoms with Crippen LogP contribution in [0.1, 0.15) is 25.0 Å². The van der Waals surface area contributed by atoms with Crippen molar-refractivity contribution in [2.45, 2.75) is 19.3 Å². The summed E-state index contributed by atoms with van der Waals surface area (Å²) >= 11 is 0. The highest BCUT2D eigenvalue weighted by Crippen LogP contribution is 2.26. The van der Waals surface area contributed by atoms with Crippen LogP contribution in [0.15, 0.2) is 18.3 Å². The van der Waals surface area contributed by atoms with Gasteiger partial charge in [-0.2, -0.15) is 0 Å². The monoisotopic (exact) mass is 312 g/mol. The van der Waals surface area contributed by atoms with E-state index in [1.165, 1.54) is 6.42 Å². The molecule has 1 aromatic heterocycles. The number of hydrogen-bond donors (Lipinski definition) is 0. The van der Waals surface area contributed by atoms with Crippen LogP contribution in [0.25, 0.3) is 6.08 Å². The van der Waals surface area contributed by atoms with Gasteiger partial charge in [0.15, 0.2) is 11.5 Å². The number of methoxy groups -OCH3 is 2. The molecular weight excluding hydrogens is 292 g/mol. The van der Waals surface area contributed by atoms with Crippen molar-refractivity contribution in [1.82, 2.24) is 9.88 Å². The van der Waals surface area contributed by atoms with E-state index in [-0.39, 0.29) is 18.3 Å². The summed E-state index contributed by atoms with van der Waals surface area (Å²) in [5.74, 6) is 1.22. The topological polar surface area (TPSA) is 51.7 Å². The van der Waals surface area contributed by atoms with Crippen molar-refractivity contribution in [1.29, 1.82) is 0 Å². The largest absolute Gasteiger partial charge is 0.493 e. The van der Waals surface area contributed by atoms with E-state index < -0.39 is 0 Å². The Morgan fingerprint density at radius 1 is 1.19 bits per heavy atom. The van der Waals surface area contributed by atoms with E-state index in [9.17, 15) is 4.79 Å². The van der Waals surface area contributed by atoms with Gasteiger partial charge in [0.2, 0.25) is 5.91 Å². The van der Waals surface area contributed by atoms with Crippen LogP contribution < -0.4 is 9.47 Å². The molecule has 2 heterocycles. The highest BCUT2D eigenvalue weighted by atomic mass is 35.5. The van der Waals surface area contributed by atoms with Crippen molar-refractivity contribution in [3.05, 3.63) is 24.0 Å². The first kappa shape index (κ1) is 17.3. The van der Waals surface area contributed by atoms with Crippen LogP contribution in [0.3, 0.4) is 0 Å². The number of hydrogen-bond acceptors (Lipinski definition) is 4. The van der Waals surface area contributed by atoms with Gasteiger partial charge in [-0.05, 0) is 25.3 Å². The predicted octanol–water partition coefficient (Wildman–Crippen LogP) is 2.55. The van der Waals surface area contributed by atoms with E-state index in [1.54, 1.807) is 38.6 Å². The van der Waals surface area contributed by atoms with Crippen molar-refractivity contribution >= 4 is 24.4 Å². The van der Waals surface area contributed by atoms with Gasteiger partial charge in [-0.15, -0.1) is 12.4 Å². The third-order valence-corrected chi connectivity index (χ3v) is 3.36. The van der Waals surface area contributed by atoms with Gasteiger partial charge in [-0.1, -0.05) is 0 Å². The number of carbonyl (C=O) groups is 1. The number of likely N-dealkylation sites (tertiary alicyclic amines) is 1. The first-order valence-electron chi connectivity index (χ1n) is 6.79. The summed E-state index contributed by atoms with van der Waals surface area (Å²) in [5, 5.41) is 0. The maximum Gasteiger partial charge on any atom is 0.246 e. The Morgan fingerprint density at radius 2 is 1.86 bits per heavy atom. The average Bonchev–Trinajstić information content (AvgIpc) is 2.53. The van der Waals surface area contributed by atoms with E-state index in [1.807, 2.05) is 4.90 Å². The molecule has 1 fully saturated rings. The molecule has 0 N–H and O–H groups in total. The highest BCUT2D eigenvalue weighted by Gasteiger charge is 2.13. The Balaban J connectivity index is 0.00000220. The van der Waals surface area contributed by atoms with E-state index in [0.29, 0.717) is 17.2 Å². The van der Waals surface area contributed by atoms with E-state index in [0.717, 1.165) is 25.9 Å². The Labute approximate surface area is 131 Å². The standard InChI is InChI=1S/C15H20N2O3.ClH/c1-19-13-10-12(16-11-14(13)20-2)6-7-15(18)17-8-4-3-5-9-17;/h6-7,10-11H,3-5,8-9H2,1-2H3;1H/b7-6+;. The van der Waals surface area contributed by atoms with Crippen LogP contribution >= 0.6 is 12.4 Å². The Kier molecular flexibility index (Phi) is 7.02. The van der Waals surface area contributed by atoms with Gasteiger partial charge in [0.05, 0.1) is 26.1 Å². The minimum Gasteiger partial charge on any atom is -0.493 e. The zero-order valence-electron chi connectivity index (χ0n) is 12.4. The first-order chi connectivity index (χ1) is 9.74. The summed E-state index contributed by atoms with van der Waals surface area (Å²) in [4.78, 5) is 18.1. The Morgan fingerprint density at radius 3 is 2.48 bits per heavy atom. The molecule has 2 rings (SSSR count). The Bertz CT molecular complexity index is 500. The second kappa shape index (κ2) is 8.52. The van der Waals surface area contributed by atoms with Crippen LogP contribution in [0.5, 0.6) is 11.5 Å². The van der Waals surface area contributed by atoms with Crippen molar-refractivity contribution in [3.8, 4) is 11.5 Å². The number of piperidine rings is 1. The summed E-state index contributed by atoms with van der Waals surface area (Å²) in [5.41, 5.74) is 0.674. The summed E-state index contributed by atoms with van der Waals surface area (Å²) in [6.45, 7) is 1.70. The molecule has 1 saturated heterocycles. The first-order valence-corrected chi connectivity index (χ1v) is 6.79. The van der Waals surface area contributed by atoms with Gasteiger partial charge >= 0.3 is 0 Å². The second-order valence-electron chi connectivity index (χ2n) is 4.68. The molecule has 0 saturated carbocycles. The molecule has 0 aliphatic carbocycles. The normalized spacial score (nSPS) is 14.7. The summed E-state index contributed by atoms with van der Waals surface area (Å²) in [7, 11) is 3.14. The van der Waals surface area contributed by atoms with Gasteiger partial charge < -0.3 is 14.4 Å². The summed E-state index contributed by atoms with van der Waals surface area (Å²) in [6, 6.07) is 1.75. The van der Waals surface area contributed by atoms with Gasteiger partial charge in [0, 0.05) is 25.2 Å². The van der Waals surface area contributed by atoms with Crippen LogP contribution in [-0.2, 0) is 4.79 Å². The SMILES string of the molecule is COc1cnc(/C=C/C(=O)N2CCCCC2)cc1OC.Cl. The number of nitrogens with zero attached hydrogens (tertiary/aromatic N) is 2. The molecule has 21 heavy (non-hydrogen) atoms. The van der Waals surface area contributed by atoms with Gasteiger partial charge in [-0.25, -0.2) is 0 Å². The molecule has 0 atom stereocenters. The quantitative estimate of drug-likeness (QED) is 0.802. The van der Waals surface area contributed by atoms with Crippen LogP contribution in [0.4, 0.5) is 0 Å². The maximum absolute atomic E-state index is 12.0. The fourth-order valence-electron chi connectivity index (χ4n) is 2.22. The van der Waals surface area contributed by atoms with Crippen molar-refractivity contribution in [3.63, 3.8) is 0 Å². The van der Waals surface area contributed by atoms with Crippen molar-refractivity contribution in [2.75, 3.05) is 27.3 Å². The lowest BCUT2D eigenvalue weighted by molar-refractivity contribution is -0.126. The zero-order chi connectivity index (χ0) is 14.4. The highest BCUT2D eigenvalue weighted by molar-refractivity contribution is 5.91. The van der Waals surface area contributed by atoms with Gasteiger partial charge in [0.1, 0.15) is 0 Å². The van der Waals surface area contributed by atoms with Crippen molar-refractivity contribution < 1.29 is 14.3 Å². The molecule has 0 spiro atoms. The van der Waals surface area contributed by atoms with Crippen LogP contribution in [0.2, 0.25) is 0 Å². The summed E-state index contributed by atoms with van der Waals surface area (Å²) < 4.78 is 10.3. The number of carbonyl (C=O) groups excluding carboxylic acids is 1. The fraction of sp³-hybridized carbons (Fsp3) is 0.467. The maximum atomic E-state index is 12.0. The lowest BCUT2D eigenvalue weighted by Gasteiger charge is -2.25. The predicted molar refractivity (Wildman–Crippen MR) is 84.1 cm³/mol. The molecule has 0 bridgehead atoms. The third kappa shape index (κ3) is 4.63. The number of halogens is 1. The molecule has 1 aliphatic heterocycles. The van der Waals surface area contributed by atoms with E-state index >= 15 is 0 Å². The third-order valence-electron chi connectivity index (χ3n) is 3.36. The second-order valence-corrected chi connectivity index (χ2v) is 4.68. The number of pyridine rings is 1. The molecule has 116 valence electrons. The lowest BCUT2D eigenvalue weighted by atomic mass is 10.1. The molecule has 1 aromatic rings. The molecule has 0 radical (unpaired) electrons. The molecule has 6 heteroatoms. The van der Waals surface area contributed by atoms with Crippen molar-refractivity contribution in [2.24, 2.45) is 0 Å². The zero-order valence-corrected chi connectivity index (χ0v) is 13.2. The fourth-order valence-corrected chi connectivity index (χ4v) is 2.22. The summed E-state index contributed by atoms with van der Waals surface area (Å²) in [6.07, 6.45) is 8.26. The molecule has 0 unspecified atom stereocenters. The average molecular weight is 313 g/mol. The van der Waals surface area contributed by atoms with E-state index in [2.05, 4.69) is 4.98 Å². The number of aromatic nitrogens is 1. The minimum absolute atomic E-state index is 0. The molecule has 5 nitrogen and oxygen atoms in total. The van der Waals surface area contributed by atoms with Crippen LogP contribution in [0, 0.1) is 0 Å². The minimum atomic E-state index is 0. The van der Waals surface area contributed by atoms with Gasteiger partial charge in [0.25, 0.3) is 0 Å². The van der Waals surface area contributed by atoms with E-state index in [4.69, 9.17) is 9.47 Å². The molecule has 0 aromatic carbocycles. The molecular formula is C15H21ClN2O3. The smallest absolute Gasteiger partial charge is 0.246 e.